The monoisotopic (exact) mass is 211 g/mol. The van der Waals surface area contributed by atoms with Gasteiger partial charge in [-0.25, -0.2) is 0 Å². The minimum Gasteiger partial charge on any atom is -0.395 e. The highest BCUT2D eigenvalue weighted by Gasteiger charge is 2.11. The Balaban J connectivity index is 3.00. The fourth-order valence-electron chi connectivity index (χ4n) is 1.46. The molecule has 0 saturated carbocycles. The van der Waals surface area contributed by atoms with Crippen molar-refractivity contribution < 1.29 is 5.11 Å². The summed E-state index contributed by atoms with van der Waals surface area (Å²) in [4.78, 5) is 0. The number of halogens is 1. The van der Waals surface area contributed by atoms with E-state index in [-0.39, 0.29) is 6.61 Å². The Hall–Kier alpha value is -0.530. The Morgan fingerprint density at radius 1 is 1.43 bits per heavy atom. The molecule has 0 aliphatic rings. The third-order valence-electron chi connectivity index (χ3n) is 2.29. The minimum absolute atomic E-state index is 0.0648. The van der Waals surface area contributed by atoms with Gasteiger partial charge in [-0.3, -0.25) is 0 Å². The maximum atomic E-state index is 9.04. The van der Waals surface area contributed by atoms with Crippen LogP contribution >= 0.6 is 11.6 Å². The molecule has 1 rings (SSSR count). The first-order valence-electron chi connectivity index (χ1n) is 4.91. The van der Waals surface area contributed by atoms with Gasteiger partial charge in [-0.2, -0.15) is 0 Å². The van der Waals surface area contributed by atoms with Crippen LogP contribution in [0.3, 0.4) is 0 Å². The van der Waals surface area contributed by atoms with E-state index < -0.39 is 0 Å². The molecule has 0 aliphatic heterocycles. The maximum absolute atomic E-state index is 9.04. The summed E-state index contributed by atoms with van der Waals surface area (Å²) in [6.45, 7) is 4.10. The van der Waals surface area contributed by atoms with Gasteiger partial charge >= 0.3 is 0 Å². The summed E-state index contributed by atoms with van der Waals surface area (Å²) in [7, 11) is 0. The van der Waals surface area contributed by atoms with Crippen LogP contribution in [0.15, 0.2) is 18.2 Å². The topological polar surface area (TPSA) is 20.2 Å². The van der Waals surface area contributed by atoms with E-state index in [1.165, 1.54) is 5.56 Å². The molecular formula is C12H16ClO. The summed E-state index contributed by atoms with van der Waals surface area (Å²) >= 11 is 6.23. The Morgan fingerprint density at radius 3 is 2.71 bits per heavy atom. The average molecular weight is 212 g/mol. The summed E-state index contributed by atoms with van der Waals surface area (Å²) in [6, 6.07) is 5.98. The van der Waals surface area contributed by atoms with E-state index in [2.05, 4.69) is 6.92 Å². The van der Waals surface area contributed by atoms with Crippen molar-refractivity contribution >= 4 is 11.6 Å². The van der Waals surface area contributed by atoms with E-state index in [0.29, 0.717) is 0 Å². The van der Waals surface area contributed by atoms with Gasteiger partial charge in [0.2, 0.25) is 0 Å². The van der Waals surface area contributed by atoms with Gasteiger partial charge in [-0.15, -0.1) is 0 Å². The first-order valence-corrected chi connectivity index (χ1v) is 5.29. The van der Waals surface area contributed by atoms with Crippen molar-refractivity contribution in [2.75, 3.05) is 6.61 Å². The maximum Gasteiger partial charge on any atom is 0.0535 e. The van der Waals surface area contributed by atoms with Crippen molar-refractivity contribution in [3.8, 4) is 0 Å². The van der Waals surface area contributed by atoms with Gasteiger partial charge in [0.1, 0.15) is 0 Å². The van der Waals surface area contributed by atoms with Gasteiger partial charge in [-0.05, 0) is 17.5 Å². The van der Waals surface area contributed by atoms with E-state index in [9.17, 15) is 0 Å². The van der Waals surface area contributed by atoms with Gasteiger partial charge in [0, 0.05) is 10.9 Å². The molecule has 0 amide bonds. The molecule has 77 valence electrons. The second-order valence-electron chi connectivity index (χ2n) is 3.47. The third kappa shape index (κ3) is 2.49. The molecule has 0 saturated heterocycles. The number of hydrogen-bond donors (Lipinski definition) is 1. The lowest BCUT2D eigenvalue weighted by atomic mass is 9.98. The highest BCUT2D eigenvalue weighted by molar-refractivity contribution is 6.32. The largest absolute Gasteiger partial charge is 0.395 e. The Morgan fingerprint density at radius 2 is 2.14 bits per heavy atom. The lowest BCUT2D eigenvalue weighted by Crippen LogP contribution is -2.02. The second kappa shape index (κ2) is 5.38. The quantitative estimate of drug-likeness (QED) is 0.811. The molecule has 0 spiro atoms. The van der Waals surface area contributed by atoms with E-state index in [0.717, 1.165) is 29.3 Å². The van der Waals surface area contributed by atoms with E-state index >= 15 is 0 Å². The molecule has 2 heteroatoms. The zero-order valence-electron chi connectivity index (χ0n) is 8.68. The molecule has 0 unspecified atom stereocenters. The normalized spacial score (nSPS) is 10.9. The number of aliphatic hydroxyl groups excluding tert-OH is 1. The number of aryl methyl sites for hydroxylation is 1. The summed E-state index contributed by atoms with van der Waals surface area (Å²) < 4.78 is 0. The standard InChI is InChI=1S/C12H16ClO/c1-3-5-10-6-4-7-11(12(10)13)9(2)8-14/h4,6-7,14H,3,5,8H2,1-2H3. The van der Waals surface area contributed by atoms with E-state index in [1.54, 1.807) is 0 Å². The van der Waals surface area contributed by atoms with Crippen LogP contribution in [-0.2, 0) is 6.42 Å². The molecule has 14 heavy (non-hydrogen) atoms. The predicted molar refractivity (Wildman–Crippen MR) is 60.6 cm³/mol. The van der Waals surface area contributed by atoms with Crippen LogP contribution in [0.4, 0.5) is 0 Å². The van der Waals surface area contributed by atoms with Gasteiger partial charge in [0.25, 0.3) is 0 Å². The predicted octanol–water partition coefficient (Wildman–Crippen LogP) is 3.23. The SMILES string of the molecule is CCCc1cccc([C](C)CO)c1Cl. The molecular weight excluding hydrogens is 196 g/mol. The molecule has 1 aromatic rings. The molecule has 0 bridgehead atoms. The second-order valence-corrected chi connectivity index (χ2v) is 3.85. The summed E-state index contributed by atoms with van der Waals surface area (Å²) in [5, 5.41) is 9.83. The lowest BCUT2D eigenvalue weighted by Gasteiger charge is -2.12. The summed E-state index contributed by atoms with van der Waals surface area (Å²) in [5.74, 6) is 0.924. The van der Waals surface area contributed by atoms with Crippen LogP contribution in [0.1, 0.15) is 31.4 Å². The molecule has 1 aromatic carbocycles. The van der Waals surface area contributed by atoms with E-state index in [4.69, 9.17) is 16.7 Å². The first kappa shape index (κ1) is 11.5. The fraction of sp³-hybridized carbons (Fsp3) is 0.417. The van der Waals surface area contributed by atoms with Crippen LogP contribution in [0.25, 0.3) is 0 Å². The lowest BCUT2D eigenvalue weighted by molar-refractivity contribution is 0.315. The van der Waals surface area contributed by atoms with Crippen molar-refractivity contribution in [3.63, 3.8) is 0 Å². The van der Waals surface area contributed by atoms with Crippen LogP contribution in [0.5, 0.6) is 0 Å². The first-order chi connectivity index (χ1) is 6.70. The van der Waals surface area contributed by atoms with E-state index in [1.807, 2.05) is 25.1 Å². The molecule has 1 nitrogen and oxygen atoms in total. The van der Waals surface area contributed by atoms with Gasteiger partial charge < -0.3 is 5.11 Å². The Labute approximate surface area is 90.7 Å². The van der Waals surface area contributed by atoms with Crippen molar-refractivity contribution in [3.05, 3.63) is 40.3 Å². The molecule has 0 aliphatic carbocycles. The summed E-state index contributed by atoms with van der Waals surface area (Å²) in [6.07, 6.45) is 2.08. The molecule has 0 aromatic heterocycles. The average Bonchev–Trinajstić information content (AvgIpc) is 2.20. The molecule has 0 heterocycles. The molecule has 1 N–H and O–H groups in total. The molecule has 0 atom stereocenters. The van der Waals surface area contributed by atoms with Crippen LogP contribution in [0.2, 0.25) is 5.02 Å². The van der Waals surface area contributed by atoms with Gasteiger partial charge in [-0.1, -0.05) is 50.1 Å². The number of benzene rings is 1. The van der Waals surface area contributed by atoms with Crippen LogP contribution in [-0.4, -0.2) is 11.7 Å². The third-order valence-corrected chi connectivity index (χ3v) is 2.74. The van der Waals surface area contributed by atoms with Crippen molar-refractivity contribution in [2.45, 2.75) is 26.7 Å². The highest BCUT2D eigenvalue weighted by atomic mass is 35.5. The summed E-state index contributed by atoms with van der Waals surface area (Å²) in [5.41, 5.74) is 2.14. The number of aliphatic hydroxyl groups is 1. The zero-order chi connectivity index (χ0) is 10.6. The van der Waals surface area contributed by atoms with Gasteiger partial charge in [0.05, 0.1) is 6.61 Å². The van der Waals surface area contributed by atoms with Crippen LogP contribution < -0.4 is 0 Å². The van der Waals surface area contributed by atoms with Crippen molar-refractivity contribution in [1.82, 2.24) is 0 Å². The van der Waals surface area contributed by atoms with Crippen molar-refractivity contribution in [1.29, 1.82) is 0 Å². The molecule has 1 radical (unpaired) electrons. The Bertz CT molecular complexity index is 296. The fourth-order valence-corrected chi connectivity index (χ4v) is 1.84. The highest BCUT2D eigenvalue weighted by Crippen LogP contribution is 2.27. The van der Waals surface area contributed by atoms with Gasteiger partial charge in [0.15, 0.2) is 0 Å². The zero-order valence-corrected chi connectivity index (χ0v) is 9.43. The minimum atomic E-state index is 0.0648. The smallest absolute Gasteiger partial charge is 0.0535 e. The number of rotatable bonds is 4. The number of hydrogen-bond acceptors (Lipinski definition) is 1. The molecule has 0 fully saturated rings. The van der Waals surface area contributed by atoms with Crippen LogP contribution in [0, 0.1) is 5.92 Å². The Kier molecular flexibility index (Phi) is 4.43. The van der Waals surface area contributed by atoms with Crippen molar-refractivity contribution in [2.24, 2.45) is 0 Å².